The Kier molecular flexibility index (Phi) is 8.61. The van der Waals surface area contributed by atoms with E-state index in [0.29, 0.717) is 11.3 Å². The van der Waals surface area contributed by atoms with Gasteiger partial charge in [0.05, 0.1) is 31.0 Å². The topological polar surface area (TPSA) is 140 Å². The highest BCUT2D eigenvalue weighted by molar-refractivity contribution is 9.10. The number of nitro benzene ring substituents is 1. The van der Waals surface area contributed by atoms with Gasteiger partial charge in [0.25, 0.3) is 21.6 Å². The Bertz CT molecular complexity index is 1400. The molecule has 1 N–H and O–H groups in total. The lowest BCUT2D eigenvalue weighted by atomic mass is 10.2. The second-order valence-electron chi connectivity index (χ2n) is 7.12. The first-order valence-corrected chi connectivity index (χ1v) is 12.5. The van der Waals surface area contributed by atoms with E-state index in [4.69, 9.17) is 9.47 Å². The summed E-state index contributed by atoms with van der Waals surface area (Å²) >= 11 is 3.32. The Morgan fingerprint density at radius 3 is 2.44 bits per heavy atom. The zero-order valence-electron chi connectivity index (χ0n) is 19.1. The molecule has 0 heterocycles. The molecule has 36 heavy (non-hydrogen) atoms. The van der Waals surface area contributed by atoms with Crippen molar-refractivity contribution in [2.75, 3.05) is 25.1 Å². The molecule has 0 radical (unpaired) electrons. The molecule has 0 atom stereocenters. The highest BCUT2D eigenvalue weighted by Gasteiger charge is 2.34. The van der Waals surface area contributed by atoms with Crippen molar-refractivity contribution in [1.82, 2.24) is 5.43 Å². The number of hydrogen-bond acceptors (Lipinski definition) is 8. The third-order valence-electron chi connectivity index (χ3n) is 4.85. The molecule has 188 valence electrons. The molecule has 0 saturated heterocycles. The maximum Gasteiger partial charge on any atom is 0.289 e. The number of anilines is 1. The lowest BCUT2D eigenvalue weighted by molar-refractivity contribution is -0.387. The van der Waals surface area contributed by atoms with Gasteiger partial charge in [-0.05, 0) is 35.9 Å². The largest absolute Gasteiger partial charge is 0.497 e. The molecule has 0 spiro atoms. The summed E-state index contributed by atoms with van der Waals surface area (Å²) in [6.07, 6.45) is 1.39. The molecule has 0 aliphatic heterocycles. The van der Waals surface area contributed by atoms with E-state index in [-0.39, 0.29) is 11.4 Å². The van der Waals surface area contributed by atoms with Crippen LogP contribution in [0.3, 0.4) is 0 Å². The molecular weight excluding hydrogens is 556 g/mol. The Morgan fingerprint density at radius 1 is 1.11 bits per heavy atom. The molecule has 0 aromatic heterocycles. The number of amides is 1. The molecule has 0 bridgehead atoms. The minimum Gasteiger partial charge on any atom is -0.497 e. The summed E-state index contributed by atoms with van der Waals surface area (Å²) in [5, 5.41) is 15.4. The number of benzene rings is 3. The normalized spacial score (nSPS) is 11.2. The number of methoxy groups -OCH3 is 2. The van der Waals surface area contributed by atoms with E-state index in [2.05, 4.69) is 26.5 Å². The highest BCUT2D eigenvalue weighted by atomic mass is 79.9. The van der Waals surface area contributed by atoms with Gasteiger partial charge in [0, 0.05) is 16.6 Å². The summed E-state index contributed by atoms with van der Waals surface area (Å²) in [6, 6.07) is 16.2. The van der Waals surface area contributed by atoms with E-state index < -0.39 is 38.0 Å². The molecule has 3 aromatic rings. The van der Waals surface area contributed by atoms with E-state index in [1.807, 2.05) is 0 Å². The van der Waals surface area contributed by atoms with Crippen LogP contribution in [0.5, 0.6) is 11.5 Å². The van der Waals surface area contributed by atoms with Crippen molar-refractivity contribution in [1.29, 1.82) is 0 Å². The van der Waals surface area contributed by atoms with E-state index >= 15 is 0 Å². The number of nitrogens with one attached hydrogen (secondary N) is 1. The van der Waals surface area contributed by atoms with Crippen LogP contribution in [0.4, 0.5) is 11.4 Å². The van der Waals surface area contributed by atoms with Crippen molar-refractivity contribution < 1.29 is 27.6 Å². The number of hydrogen-bond donors (Lipinski definition) is 1. The Balaban J connectivity index is 2.00. The Labute approximate surface area is 215 Å². The van der Waals surface area contributed by atoms with Crippen molar-refractivity contribution in [3.8, 4) is 11.5 Å². The first-order valence-electron chi connectivity index (χ1n) is 10.2. The van der Waals surface area contributed by atoms with Gasteiger partial charge in [-0.3, -0.25) is 19.2 Å². The van der Waals surface area contributed by atoms with Gasteiger partial charge >= 0.3 is 0 Å². The van der Waals surface area contributed by atoms with Crippen LogP contribution in [0.25, 0.3) is 0 Å². The average Bonchev–Trinajstić information content (AvgIpc) is 2.88. The number of carbonyl (C=O) groups excluding carboxylic acids is 1. The predicted molar refractivity (Wildman–Crippen MR) is 137 cm³/mol. The zero-order valence-corrected chi connectivity index (χ0v) is 21.5. The van der Waals surface area contributed by atoms with Crippen molar-refractivity contribution >= 4 is 49.4 Å². The van der Waals surface area contributed by atoms with Crippen molar-refractivity contribution in [2.45, 2.75) is 4.90 Å². The summed E-state index contributed by atoms with van der Waals surface area (Å²) in [6.45, 7) is -0.741. The summed E-state index contributed by atoms with van der Waals surface area (Å²) in [7, 11) is -1.87. The molecule has 0 unspecified atom stereocenters. The molecular formula is C23H21BrN4O7S. The number of nitrogens with zero attached hydrogens (tertiary/aromatic N) is 3. The minimum atomic E-state index is -4.61. The van der Waals surface area contributed by atoms with Crippen LogP contribution < -0.4 is 19.2 Å². The van der Waals surface area contributed by atoms with Crippen LogP contribution >= 0.6 is 15.9 Å². The number of sulfonamides is 1. The summed E-state index contributed by atoms with van der Waals surface area (Å²) in [4.78, 5) is 22.9. The molecule has 3 rings (SSSR count). The van der Waals surface area contributed by atoms with Gasteiger partial charge in [-0.1, -0.05) is 40.2 Å². The van der Waals surface area contributed by atoms with Gasteiger partial charge in [-0.25, -0.2) is 13.8 Å². The fourth-order valence-electron chi connectivity index (χ4n) is 3.13. The van der Waals surface area contributed by atoms with Crippen LogP contribution in [-0.2, 0) is 14.8 Å². The molecule has 0 aliphatic rings. The van der Waals surface area contributed by atoms with Crippen LogP contribution in [0.15, 0.2) is 81.2 Å². The molecule has 0 saturated carbocycles. The number of ether oxygens (including phenoxy) is 2. The first kappa shape index (κ1) is 26.6. The highest BCUT2D eigenvalue weighted by Crippen LogP contribution is 2.37. The van der Waals surface area contributed by atoms with Crippen LogP contribution in [0.1, 0.15) is 5.56 Å². The number of nitro groups is 1. The fraction of sp³-hybridized carbons (Fsp3) is 0.130. The third-order valence-corrected chi connectivity index (χ3v) is 7.18. The lowest BCUT2D eigenvalue weighted by Gasteiger charge is -2.25. The molecule has 13 heteroatoms. The van der Waals surface area contributed by atoms with E-state index in [9.17, 15) is 23.3 Å². The summed E-state index contributed by atoms with van der Waals surface area (Å²) < 4.78 is 39.4. The number of halogens is 1. The maximum absolute atomic E-state index is 13.7. The SMILES string of the molecule is COc1ccc(N(CC(=O)N/N=C\c2ccc(Br)cc2)S(=O)(=O)c2ccccc2[N+](=O)[O-])c(OC)c1. The molecule has 11 nitrogen and oxygen atoms in total. The number of hydrazone groups is 1. The smallest absolute Gasteiger partial charge is 0.289 e. The number of carbonyl (C=O) groups is 1. The van der Waals surface area contributed by atoms with Gasteiger partial charge < -0.3 is 9.47 Å². The quantitative estimate of drug-likeness (QED) is 0.220. The minimum absolute atomic E-state index is 0.0245. The fourth-order valence-corrected chi connectivity index (χ4v) is 4.99. The molecule has 3 aromatic carbocycles. The van der Waals surface area contributed by atoms with Crippen LogP contribution in [-0.4, -0.2) is 46.2 Å². The van der Waals surface area contributed by atoms with Crippen LogP contribution in [0.2, 0.25) is 0 Å². The van der Waals surface area contributed by atoms with Gasteiger partial charge in [0.2, 0.25) is 0 Å². The van der Waals surface area contributed by atoms with Crippen LogP contribution in [0, 0.1) is 10.1 Å². The first-order chi connectivity index (χ1) is 17.2. The Morgan fingerprint density at radius 2 is 1.81 bits per heavy atom. The molecule has 1 amide bonds. The standard InChI is InChI=1S/C23H21BrN4O7S/c1-34-18-11-12-19(21(13-18)35-2)27(36(32,33)22-6-4-3-5-20(22)28(30)31)15-23(29)26-25-14-16-7-9-17(24)10-8-16/h3-14H,15H2,1-2H3,(H,26,29)/b25-14-. The van der Waals surface area contributed by atoms with E-state index in [1.54, 1.807) is 24.3 Å². The summed E-state index contributed by atoms with van der Waals surface area (Å²) in [5.41, 5.74) is 2.31. The van der Waals surface area contributed by atoms with Gasteiger partial charge in [-0.15, -0.1) is 0 Å². The van der Waals surface area contributed by atoms with E-state index in [0.717, 1.165) is 20.9 Å². The maximum atomic E-state index is 13.7. The number of para-hydroxylation sites is 1. The van der Waals surface area contributed by atoms with Gasteiger partial charge in [-0.2, -0.15) is 5.10 Å². The average molecular weight is 577 g/mol. The molecule has 0 fully saturated rings. The summed E-state index contributed by atoms with van der Waals surface area (Å²) in [5.74, 6) is -0.340. The third kappa shape index (κ3) is 6.17. The predicted octanol–water partition coefficient (Wildman–Crippen LogP) is 3.72. The second kappa shape index (κ2) is 11.6. The van der Waals surface area contributed by atoms with Crippen molar-refractivity contribution in [3.63, 3.8) is 0 Å². The van der Waals surface area contributed by atoms with Gasteiger partial charge in [0.15, 0.2) is 4.90 Å². The second-order valence-corrected chi connectivity index (χ2v) is 9.87. The number of rotatable bonds is 10. The van der Waals surface area contributed by atoms with Gasteiger partial charge in [0.1, 0.15) is 18.0 Å². The Hall–Kier alpha value is -3.97. The molecule has 0 aliphatic carbocycles. The zero-order chi connectivity index (χ0) is 26.3. The van der Waals surface area contributed by atoms with Crippen molar-refractivity contribution in [2.24, 2.45) is 5.10 Å². The van der Waals surface area contributed by atoms with Crippen molar-refractivity contribution in [3.05, 3.63) is 86.9 Å². The van der Waals surface area contributed by atoms with E-state index in [1.165, 1.54) is 50.8 Å². The lowest BCUT2D eigenvalue weighted by Crippen LogP contribution is -2.40. The monoisotopic (exact) mass is 576 g/mol.